The van der Waals surface area contributed by atoms with Crippen molar-refractivity contribution in [2.45, 2.75) is 26.6 Å². The van der Waals surface area contributed by atoms with Crippen molar-refractivity contribution in [2.75, 3.05) is 19.0 Å². The predicted molar refractivity (Wildman–Crippen MR) is 57.7 cm³/mol. The molecule has 84 valence electrons. The van der Waals surface area contributed by atoms with Crippen molar-refractivity contribution < 1.29 is 9.84 Å². The number of aromatic nitrogens is 2. The van der Waals surface area contributed by atoms with Gasteiger partial charge in [0.05, 0.1) is 12.7 Å². The van der Waals surface area contributed by atoms with Gasteiger partial charge in [0.2, 0.25) is 5.95 Å². The number of nitrogens with zero attached hydrogens (tertiary/aromatic N) is 2. The zero-order chi connectivity index (χ0) is 11.3. The average molecular weight is 211 g/mol. The Morgan fingerprint density at radius 3 is 2.87 bits per heavy atom. The van der Waals surface area contributed by atoms with Crippen LogP contribution < -0.4 is 5.32 Å². The molecule has 0 spiro atoms. The highest BCUT2D eigenvalue weighted by molar-refractivity contribution is 5.28. The largest absolute Gasteiger partial charge is 0.392 e. The third-order valence-corrected chi connectivity index (χ3v) is 2.20. The number of methoxy groups -OCH3 is 1. The minimum Gasteiger partial charge on any atom is -0.392 e. The highest BCUT2D eigenvalue weighted by Crippen LogP contribution is 2.06. The van der Waals surface area contributed by atoms with Crippen LogP contribution in [0.15, 0.2) is 6.20 Å². The van der Waals surface area contributed by atoms with E-state index in [4.69, 9.17) is 9.84 Å². The molecular weight excluding hydrogens is 194 g/mol. The second-order valence-corrected chi connectivity index (χ2v) is 3.39. The normalized spacial score (nSPS) is 12.5. The second-order valence-electron chi connectivity index (χ2n) is 3.39. The zero-order valence-electron chi connectivity index (χ0n) is 9.32. The molecule has 1 aromatic rings. The van der Waals surface area contributed by atoms with Gasteiger partial charge in [0.1, 0.15) is 0 Å². The Hall–Kier alpha value is -1.20. The van der Waals surface area contributed by atoms with Crippen molar-refractivity contribution in [2.24, 2.45) is 0 Å². The lowest BCUT2D eigenvalue weighted by molar-refractivity contribution is 0.128. The Kier molecular flexibility index (Phi) is 4.45. The van der Waals surface area contributed by atoms with Crippen molar-refractivity contribution in [1.29, 1.82) is 0 Å². The number of ether oxygens (including phenoxy) is 1. The van der Waals surface area contributed by atoms with Gasteiger partial charge in [-0.15, -0.1) is 0 Å². The fourth-order valence-corrected chi connectivity index (χ4v) is 1.05. The lowest BCUT2D eigenvalue weighted by atomic mass is 10.2. The molecule has 1 unspecified atom stereocenters. The fraction of sp³-hybridized carbons (Fsp3) is 0.600. The molecule has 1 heterocycles. The predicted octanol–water partition coefficient (Wildman–Crippen LogP) is 0.724. The molecule has 0 aromatic carbocycles. The van der Waals surface area contributed by atoms with Crippen molar-refractivity contribution >= 4 is 5.95 Å². The topological polar surface area (TPSA) is 67.3 Å². The van der Waals surface area contributed by atoms with Gasteiger partial charge >= 0.3 is 0 Å². The summed E-state index contributed by atoms with van der Waals surface area (Å²) < 4.78 is 5.09. The molecule has 2 N–H and O–H groups in total. The summed E-state index contributed by atoms with van der Waals surface area (Å²) in [5.41, 5.74) is 1.54. The van der Waals surface area contributed by atoms with Gasteiger partial charge in [-0.2, -0.15) is 0 Å². The molecule has 0 bridgehead atoms. The number of anilines is 1. The van der Waals surface area contributed by atoms with Gasteiger partial charge in [-0.3, -0.25) is 0 Å². The van der Waals surface area contributed by atoms with Crippen molar-refractivity contribution in [3.63, 3.8) is 0 Å². The summed E-state index contributed by atoms with van der Waals surface area (Å²) in [6.07, 6.45) is 1.74. The van der Waals surface area contributed by atoms with E-state index in [1.165, 1.54) is 0 Å². The SMILES string of the molecule is COC(C)CNc1ncc(CO)c(C)n1. The maximum Gasteiger partial charge on any atom is 0.222 e. The third kappa shape index (κ3) is 3.45. The molecule has 0 amide bonds. The van der Waals surface area contributed by atoms with Crippen LogP contribution in [0.5, 0.6) is 0 Å². The quantitative estimate of drug-likeness (QED) is 0.751. The van der Waals surface area contributed by atoms with Gasteiger partial charge in [0.15, 0.2) is 0 Å². The Labute approximate surface area is 89.5 Å². The molecule has 0 aliphatic carbocycles. The molecule has 0 radical (unpaired) electrons. The van der Waals surface area contributed by atoms with Crippen LogP contribution in [0, 0.1) is 6.92 Å². The molecule has 1 rings (SSSR count). The van der Waals surface area contributed by atoms with Gasteiger partial charge in [0.25, 0.3) is 0 Å². The van der Waals surface area contributed by atoms with E-state index in [9.17, 15) is 0 Å². The minimum atomic E-state index is -0.0272. The number of aliphatic hydroxyl groups is 1. The van der Waals surface area contributed by atoms with Gasteiger partial charge in [-0.1, -0.05) is 0 Å². The van der Waals surface area contributed by atoms with Gasteiger partial charge in [0, 0.05) is 31.1 Å². The molecule has 1 atom stereocenters. The Balaban J connectivity index is 2.59. The number of rotatable bonds is 5. The van der Waals surface area contributed by atoms with Crippen molar-refractivity contribution in [1.82, 2.24) is 9.97 Å². The van der Waals surface area contributed by atoms with E-state index >= 15 is 0 Å². The van der Waals surface area contributed by atoms with Crippen LogP contribution in [-0.4, -0.2) is 34.8 Å². The number of aliphatic hydroxyl groups excluding tert-OH is 1. The fourth-order valence-electron chi connectivity index (χ4n) is 1.05. The molecular formula is C10H17N3O2. The van der Waals surface area contributed by atoms with Gasteiger partial charge < -0.3 is 15.2 Å². The van der Waals surface area contributed by atoms with Gasteiger partial charge in [-0.05, 0) is 13.8 Å². The third-order valence-electron chi connectivity index (χ3n) is 2.20. The van der Waals surface area contributed by atoms with E-state index in [1.54, 1.807) is 13.3 Å². The first-order valence-corrected chi connectivity index (χ1v) is 4.87. The Bertz CT molecular complexity index is 318. The average Bonchev–Trinajstić information content (AvgIpc) is 2.26. The maximum absolute atomic E-state index is 8.95. The molecule has 5 nitrogen and oxygen atoms in total. The maximum atomic E-state index is 8.95. The Morgan fingerprint density at radius 2 is 2.33 bits per heavy atom. The van der Waals surface area contributed by atoms with E-state index in [1.807, 2.05) is 13.8 Å². The Morgan fingerprint density at radius 1 is 1.60 bits per heavy atom. The van der Waals surface area contributed by atoms with Crippen LogP contribution in [0.2, 0.25) is 0 Å². The molecule has 0 saturated carbocycles. The lowest BCUT2D eigenvalue weighted by Crippen LogP contribution is -2.19. The van der Waals surface area contributed by atoms with Crippen LogP contribution in [0.3, 0.4) is 0 Å². The van der Waals surface area contributed by atoms with E-state index in [2.05, 4.69) is 15.3 Å². The highest BCUT2D eigenvalue weighted by atomic mass is 16.5. The summed E-state index contributed by atoms with van der Waals surface area (Å²) in [7, 11) is 1.66. The standard InChI is InChI=1S/C10H17N3O2/c1-7(15-3)4-11-10-12-5-9(6-14)8(2)13-10/h5,7,14H,4,6H2,1-3H3,(H,11,12,13). The summed E-state index contributed by atoms with van der Waals surface area (Å²) in [5, 5.41) is 12.0. The number of hydrogen-bond acceptors (Lipinski definition) is 5. The van der Waals surface area contributed by atoms with E-state index in [-0.39, 0.29) is 12.7 Å². The molecule has 0 aliphatic heterocycles. The minimum absolute atomic E-state index is 0.0272. The molecule has 5 heteroatoms. The first kappa shape index (κ1) is 11.9. The van der Waals surface area contributed by atoms with E-state index < -0.39 is 0 Å². The number of hydrogen-bond donors (Lipinski definition) is 2. The molecule has 1 aromatic heterocycles. The molecule has 0 fully saturated rings. The second kappa shape index (κ2) is 5.63. The summed E-state index contributed by atoms with van der Waals surface area (Å²) in [6.45, 7) is 4.44. The summed E-state index contributed by atoms with van der Waals surface area (Å²) in [5.74, 6) is 0.564. The smallest absolute Gasteiger partial charge is 0.222 e. The van der Waals surface area contributed by atoms with E-state index in [0.717, 1.165) is 11.3 Å². The van der Waals surface area contributed by atoms with Crippen LogP contribution in [0.4, 0.5) is 5.95 Å². The number of nitrogens with one attached hydrogen (secondary N) is 1. The highest BCUT2D eigenvalue weighted by Gasteiger charge is 2.03. The van der Waals surface area contributed by atoms with Gasteiger partial charge in [-0.25, -0.2) is 9.97 Å². The van der Waals surface area contributed by atoms with Crippen molar-refractivity contribution in [3.05, 3.63) is 17.5 Å². The number of aryl methyl sites for hydroxylation is 1. The summed E-state index contributed by atoms with van der Waals surface area (Å²) in [6, 6.07) is 0. The van der Waals surface area contributed by atoms with E-state index in [0.29, 0.717) is 12.5 Å². The molecule has 0 saturated heterocycles. The zero-order valence-corrected chi connectivity index (χ0v) is 9.32. The van der Waals surface area contributed by atoms with Crippen LogP contribution in [0.25, 0.3) is 0 Å². The van der Waals surface area contributed by atoms with Crippen molar-refractivity contribution in [3.8, 4) is 0 Å². The lowest BCUT2D eigenvalue weighted by Gasteiger charge is -2.11. The summed E-state index contributed by atoms with van der Waals surface area (Å²) >= 11 is 0. The van der Waals surface area contributed by atoms with Crippen LogP contribution >= 0.6 is 0 Å². The molecule has 0 aliphatic rings. The van der Waals surface area contributed by atoms with Crippen LogP contribution in [-0.2, 0) is 11.3 Å². The first-order chi connectivity index (χ1) is 7.17. The summed E-state index contributed by atoms with van der Waals surface area (Å²) in [4.78, 5) is 8.29. The molecule has 15 heavy (non-hydrogen) atoms. The van der Waals surface area contributed by atoms with Crippen LogP contribution in [0.1, 0.15) is 18.2 Å². The monoisotopic (exact) mass is 211 g/mol. The first-order valence-electron chi connectivity index (χ1n) is 4.87.